The van der Waals surface area contributed by atoms with E-state index in [0.29, 0.717) is 12.3 Å². The van der Waals surface area contributed by atoms with Gasteiger partial charge >= 0.3 is 0 Å². The molecule has 1 fully saturated rings. The number of hydrogen-bond acceptors (Lipinski definition) is 4. The van der Waals surface area contributed by atoms with Crippen molar-refractivity contribution in [3.05, 3.63) is 42.2 Å². The molecule has 22 heavy (non-hydrogen) atoms. The maximum Gasteiger partial charge on any atom is 0.151 e. The first-order valence-electron chi connectivity index (χ1n) is 7.61. The average molecular weight is 319 g/mol. The van der Waals surface area contributed by atoms with Crippen LogP contribution in [0.15, 0.2) is 36.5 Å². The first kappa shape index (κ1) is 15.2. The Morgan fingerprint density at radius 2 is 2.09 bits per heavy atom. The van der Waals surface area contributed by atoms with E-state index in [1.165, 1.54) is 0 Å². The van der Waals surface area contributed by atoms with E-state index in [0.717, 1.165) is 30.0 Å². The molecule has 0 radical (unpaired) electrons. The molecular formula is C16H21N3O2S. The SMILES string of the molecule is CCN(Cc1cnc(-c2ccccc2)[nH]1)C1CCS(=O)(=O)C1. The fraction of sp³-hybridized carbons (Fsp3) is 0.438. The quantitative estimate of drug-likeness (QED) is 0.916. The standard InChI is InChI=1S/C16H21N3O2S/c1-2-19(15-8-9-22(20,21)12-15)11-14-10-17-16(18-14)13-6-4-3-5-7-13/h3-7,10,15H,2,8-9,11-12H2,1H3,(H,17,18). The number of nitrogens with zero attached hydrogens (tertiary/aromatic N) is 2. The summed E-state index contributed by atoms with van der Waals surface area (Å²) < 4.78 is 23.3. The Morgan fingerprint density at radius 1 is 1.32 bits per heavy atom. The molecule has 5 nitrogen and oxygen atoms in total. The van der Waals surface area contributed by atoms with Gasteiger partial charge in [0.15, 0.2) is 9.84 Å². The molecule has 1 unspecified atom stereocenters. The van der Waals surface area contributed by atoms with Crippen LogP contribution in [-0.4, -0.2) is 47.4 Å². The minimum absolute atomic E-state index is 0.124. The maximum atomic E-state index is 11.7. The highest BCUT2D eigenvalue weighted by Gasteiger charge is 2.31. The molecule has 1 atom stereocenters. The van der Waals surface area contributed by atoms with Gasteiger partial charge in [0.05, 0.1) is 11.5 Å². The second kappa shape index (κ2) is 6.22. The van der Waals surface area contributed by atoms with Crippen molar-refractivity contribution in [1.29, 1.82) is 0 Å². The van der Waals surface area contributed by atoms with E-state index >= 15 is 0 Å². The largest absolute Gasteiger partial charge is 0.341 e. The van der Waals surface area contributed by atoms with Gasteiger partial charge in [0.1, 0.15) is 5.82 Å². The summed E-state index contributed by atoms with van der Waals surface area (Å²) in [6.45, 7) is 3.61. The molecule has 2 aromatic rings. The number of benzene rings is 1. The highest BCUT2D eigenvalue weighted by Crippen LogP contribution is 2.20. The van der Waals surface area contributed by atoms with Gasteiger partial charge in [0, 0.05) is 30.0 Å². The van der Waals surface area contributed by atoms with Gasteiger partial charge in [-0.25, -0.2) is 13.4 Å². The molecule has 1 aliphatic rings. The third-order valence-corrected chi connectivity index (χ3v) is 5.93. The fourth-order valence-corrected chi connectivity index (χ4v) is 4.73. The van der Waals surface area contributed by atoms with Crippen molar-refractivity contribution in [3.63, 3.8) is 0 Å². The van der Waals surface area contributed by atoms with E-state index in [1.54, 1.807) is 0 Å². The smallest absolute Gasteiger partial charge is 0.151 e. The van der Waals surface area contributed by atoms with Crippen LogP contribution in [0.4, 0.5) is 0 Å². The third kappa shape index (κ3) is 3.39. The number of imidazole rings is 1. The van der Waals surface area contributed by atoms with Crippen LogP contribution in [0.3, 0.4) is 0 Å². The summed E-state index contributed by atoms with van der Waals surface area (Å²) in [6, 6.07) is 10.1. The molecule has 1 aliphatic heterocycles. The first-order valence-corrected chi connectivity index (χ1v) is 9.43. The van der Waals surface area contributed by atoms with E-state index in [1.807, 2.05) is 36.5 Å². The van der Waals surface area contributed by atoms with Crippen LogP contribution in [0.1, 0.15) is 19.0 Å². The Hall–Kier alpha value is -1.66. The van der Waals surface area contributed by atoms with Crippen LogP contribution in [0.25, 0.3) is 11.4 Å². The molecule has 118 valence electrons. The van der Waals surface area contributed by atoms with Crippen molar-refractivity contribution in [2.45, 2.75) is 25.9 Å². The molecule has 1 aromatic carbocycles. The van der Waals surface area contributed by atoms with Crippen LogP contribution in [0.2, 0.25) is 0 Å². The van der Waals surface area contributed by atoms with Crippen LogP contribution < -0.4 is 0 Å². The Balaban J connectivity index is 1.71. The van der Waals surface area contributed by atoms with Crippen molar-refractivity contribution in [1.82, 2.24) is 14.9 Å². The number of rotatable bonds is 5. The van der Waals surface area contributed by atoms with Crippen LogP contribution in [0.5, 0.6) is 0 Å². The van der Waals surface area contributed by atoms with Crippen molar-refractivity contribution in [2.75, 3.05) is 18.1 Å². The zero-order chi connectivity index (χ0) is 15.6. The number of sulfone groups is 1. The van der Waals surface area contributed by atoms with Crippen molar-refractivity contribution >= 4 is 9.84 Å². The normalized spacial score (nSPS) is 20.5. The Bertz CT molecular complexity index is 725. The molecule has 0 aliphatic carbocycles. The van der Waals surface area contributed by atoms with Gasteiger partial charge in [-0.1, -0.05) is 37.3 Å². The molecule has 0 amide bonds. The van der Waals surface area contributed by atoms with Crippen LogP contribution in [-0.2, 0) is 16.4 Å². The summed E-state index contributed by atoms with van der Waals surface area (Å²) in [5.41, 5.74) is 2.07. The first-order chi connectivity index (χ1) is 10.6. The maximum absolute atomic E-state index is 11.7. The lowest BCUT2D eigenvalue weighted by Gasteiger charge is -2.25. The summed E-state index contributed by atoms with van der Waals surface area (Å²) in [5, 5.41) is 0. The lowest BCUT2D eigenvalue weighted by Crippen LogP contribution is -2.35. The van der Waals surface area contributed by atoms with Gasteiger partial charge in [-0.05, 0) is 13.0 Å². The van der Waals surface area contributed by atoms with E-state index in [9.17, 15) is 8.42 Å². The number of H-pyrrole nitrogens is 1. The molecule has 1 N–H and O–H groups in total. The number of aromatic amines is 1. The summed E-state index contributed by atoms with van der Waals surface area (Å²) >= 11 is 0. The molecule has 6 heteroatoms. The molecule has 1 aromatic heterocycles. The van der Waals surface area contributed by atoms with Gasteiger partial charge < -0.3 is 4.98 Å². The zero-order valence-electron chi connectivity index (χ0n) is 12.7. The predicted molar refractivity (Wildman–Crippen MR) is 87.2 cm³/mol. The highest BCUT2D eigenvalue weighted by atomic mass is 32.2. The molecule has 0 spiro atoms. The molecule has 0 saturated carbocycles. The number of aromatic nitrogens is 2. The third-order valence-electron chi connectivity index (χ3n) is 4.18. The Labute approximate surface area is 131 Å². The van der Waals surface area contributed by atoms with E-state index in [4.69, 9.17) is 0 Å². The lowest BCUT2D eigenvalue weighted by molar-refractivity contribution is 0.212. The minimum atomic E-state index is -2.85. The predicted octanol–water partition coefficient (Wildman–Crippen LogP) is 2.09. The highest BCUT2D eigenvalue weighted by molar-refractivity contribution is 7.91. The van der Waals surface area contributed by atoms with E-state index in [2.05, 4.69) is 21.8 Å². The van der Waals surface area contributed by atoms with E-state index < -0.39 is 9.84 Å². The minimum Gasteiger partial charge on any atom is -0.341 e. The molecular weight excluding hydrogens is 298 g/mol. The molecule has 3 rings (SSSR count). The van der Waals surface area contributed by atoms with Crippen molar-refractivity contribution in [3.8, 4) is 11.4 Å². The summed E-state index contributed by atoms with van der Waals surface area (Å²) in [4.78, 5) is 9.98. The van der Waals surface area contributed by atoms with Crippen LogP contribution >= 0.6 is 0 Å². The molecule has 0 bridgehead atoms. The Kier molecular flexibility index (Phi) is 4.31. The van der Waals surface area contributed by atoms with Gasteiger partial charge in [-0.3, -0.25) is 4.90 Å². The molecule has 2 heterocycles. The van der Waals surface area contributed by atoms with Crippen molar-refractivity contribution in [2.24, 2.45) is 0 Å². The summed E-state index contributed by atoms with van der Waals surface area (Å²) in [6.07, 6.45) is 2.57. The summed E-state index contributed by atoms with van der Waals surface area (Å²) in [5.74, 6) is 1.44. The lowest BCUT2D eigenvalue weighted by atomic mass is 10.2. The number of hydrogen-bond donors (Lipinski definition) is 1. The van der Waals surface area contributed by atoms with E-state index in [-0.39, 0.29) is 11.8 Å². The van der Waals surface area contributed by atoms with Gasteiger partial charge in [-0.15, -0.1) is 0 Å². The topological polar surface area (TPSA) is 66.1 Å². The molecule has 1 saturated heterocycles. The number of nitrogens with one attached hydrogen (secondary N) is 1. The van der Waals surface area contributed by atoms with Gasteiger partial charge in [0.2, 0.25) is 0 Å². The Morgan fingerprint density at radius 3 is 2.73 bits per heavy atom. The van der Waals surface area contributed by atoms with Gasteiger partial charge in [-0.2, -0.15) is 0 Å². The van der Waals surface area contributed by atoms with Gasteiger partial charge in [0.25, 0.3) is 0 Å². The zero-order valence-corrected chi connectivity index (χ0v) is 13.5. The second-order valence-corrected chi connectivity index (χ2v) is 7.97. The second-order valence-electron chi connectivity index (χ2n) is 5.74. The monoisotopic (exact) mass is 319 g/mol. The fourth-order valence-electron chi connectivity index (χ4n) is 2.96. The summed E-state index contributed by atoms with van der Waals surface area (Å²) in [7, 11) is -2.85. The average Bonchev–Trinajstić information content (AvgIpc) is 3.12. The van der Waals surface area contributed by atoms with Crippen molar-refractivity contribution < 1.29 is 8.42 Å². The van der Waals surface area contributed by atoms with Crippen LogP contribution in [0, 0.1) is 0 Å².